The molecule has 0 bridgehead atoms. The first-order valence-corrected chi connectivity index (χ1v) is 7.29. The lowest BCUT2D eigenvalue weighted by Crippen LogP contribution is -2.54. The fraction of sp³-hybridized carbons (Fsp3) is 0.625. The third-order valence-corrected chi connectivity index (χ3v) is 4.71. The lowest BCUT2D eigenvalue weighted by molar-refractivity contribution is -0.129. The summed E-state index contributed by atoms with van der Waals surface area (Å²) in [7, 11) is 0. The Morgan fingerprint density at radius 2 is 2.10 bits per heavy atom. The lowest BCUT2D eigenvalue weighted by Gasteiger charge is -2.52. The number of hydrogen-bond acceptors (Lipinski definition) is 3. The molecule has 5 nitrogen and oxygen atoms in total. The van der Waals surface area contributed by atoms with Crippen LogP contribution in [0.3, 0.4) is 0 Å². The lowest BCUT2D eigenvalue weighted by atomic mass is 9.64. The van der Waals surface area contributed by atoms with Crippen LogP contribution in [-0.4, -0.2) is 28.4 Å². The van der Waals surface area contributed by atoms with E-state index in [2.05, 4.69) is 13.8 Å². The zero-order valence-corrected chi connectivity index (χ0v) is 13.3. The second kappa shape index (κ2) is 5.30. The predicted octanol–water partition coefficient (Wildman–Crippen LogP) is 2.54. The number of ether oxygens (including phenoxy) is 1. The SMILES string of the molecule is CCOC1CC(n2c(C)c(C(=O)O)c(C)cc2=O)C1(C)C. The quantitative estimate of drug-likeness (QED) is 0.926. The van der Waals surface area contributed by atoms with Crippen LogP contribution in [0.4, 0.5) is 0 Å². The van der Waals surface area contributed by atoms with Gasteiger partial charge >= 0.3 is 5.97 Å². The van der Waals surface area contributed by atoms with Gasteiger partial charge in [-0.05, 0) is 32.8 Å². The summed E-state index contributed by atoms with van der Waals surface area (Å²) in [5.41, 5.74) is 0.948. The maximum absolute atomic E-state index is 12.4. The average Bonchev–Trinajstić information content (AvgIpc) is 2.35. The Labute approximate surface area is 124 Å². The molecule has 1 aliphatic carbocycles. The minimum atomic E-state index is -0.989. The van der Waals surface area contributed by atoms with Crippen molar-refractivity contribution in [1.29, 1.82) is 0 Å². The van der Waals surface area contributed by atoms with Crippen molar-refractivity contribution in [3.8, 4) is 0 Å². The van der Waals surface area contributed by atoms with Crippen molar-refractivity contribution in [3.05, 3.63) is 33.2 Å². The summed E-state index contributed by atoms with van der Waals surface area (Å²) in [5.74, 6) is -0.989. The Balaban J connectivity index is 2.50. The van der Waals surface area contributed by atoms with Crippen LogP contribution in [0.25, 0.3) is 0 Å². The fourth-order valence-electron chi connectivity index (χ4n) is 3.40. The second-order valence-corrected chi connectivity index (χ2v) is 6.32. The number of carboxylic acid groups (broad SMARTS) is 1. The van der Waals surface area contributed by atoms with Crippen LogP contribution in [0, 0.1) is 19.3 Å². The summed E-state index contributed by atoms with van der Waals surface area (Å²) in [4.78, 5) is 23.8. The van der Waals surface area contributed by atoms with E-state index in [0.29, 0.717) is 17.9 Å². The highest BCUT2D eigenvalue weighted by atomic mass is 16.5. The van der Waals surface area contributed by atoms with E-state index < -0.39 is 5.97 Å². The molecule has 0 aliphatic heterocycles. The molecule has 21 heavy (non-hydrogen) atoms. The van der Waals surface area contributed by atoms with Crippen molar-refractivity contribution in [2.24, 2.45) is 5.41 Å². The third kappa shape index (κ3) is 2.39. The highest BCUT2D eigenvalue weighted by molar-refractivity contribution is 5.90. The van der Waals surface area contributed by atoms with Gasteiger partial charge in [-0.3, -0.25) is 4.79 Å². The van der Waals surface area contributed by atoms with Gasteiger partial charge in [0.2, 0.25) is 0 Å². The van der Waals surface area contributed by atoms with Crippen LogP contribution < -0.4 is 5.56 Å². The molecule has 116 valence electrons. The number of pyridine rings is 1. The molecule has 1 aromatic rings. The molecule has 1 heterocycles. The molecule has 0 spiro atoms. The Kier molecular flexibility index (Phi) is 3.97. The zero-order valence-electron chi connectivity index (χ0n) is 13.3. The third-order valence-electron chi connectivity index (χ3n) is 4.71. The van der Waals surface area contributed by atoms with E-state index in [9.17, 15) is 14.7 Å². The van der Waals surface area contributed by atoms with Crippen LogP contribution in [0.2, 0.25) is 0 Å². The van der Waals surface area contributed by atoms with Crippen LogP contribution in [0.5, 0.6) is 0 Å². The van der Waals surface area contributed by atoms with Gasteiger partial charge in [0.25, 0.3) is 5.56 Å². The highest BCUT2D eigenvalue weighted by Gasteiger charge is 2.50. The van der Waals surface area contributed by atoms with Gasteiger partial charge in [0.15, 0.2) is 0 Å². The van der Waals surface area contributed by atoms with Crippen LogP contribution in [0.1, 0.15) is 54.8 Å². The smallest absolute Gasteiger partial charge is 0.337 e. The van der Waals surface area contributed by atoms with E-state index in [0.717, 1.165) is 6.42 Å². The molecule has 2 atom stereocenters. The van der Waals surface area contributed by atoms with E-state index in [1.165, 1.54) is 6.07 Å². The van der Waals surface area contributed by atoms with Gasteiger partial charge in [0.1, 0.15) is 0 Å². The molecular formula is C16H23NO4. The summed E-state index contributed by atoms with van der Waals surface area (Å²) in [6, 6.07) is 1.39. The molecular weight excluding hydrogens is 270 g/mol. The molecule has 0 aromatic carbocycles. The largest absolute Gasteiger partial charge is 0.478 e. The first-order chi connectivity index (χ1) is 9.71. The monoisotopic (exact) mass is 293 g/mol. The zero-order chi connectivity index (χ0) is 15.9. The van der Waals surface area contributed by atoms with Gasteiger partial charge in [0, 0.05) is 29.8 Å². The van der Waals surface area contributed by atoms with E-state index in [1.54, 1.807) is 18.4 Å². The van der Waals surface area contributed by atoms with Gasteiger partial charge in [-0.1, -0.05) is 13.8 Å². The van der Waals surface area contributed by atoms with Crippen molar-refractivity contribution in [2.75, 3.05) is 6.61 Å². The van der Waals surface area contributed by atoms with Crippen molar-refractivity contribution in [3.63, 3.8) is 0 Å². The summed E-state index contributed by atoms with van der Waals surface area (Å²) < 4.78 is 7.33. The minimum Gasteiger partial charge on any atom is -0.478 e. The number of rotatable bonds is 4. The number of nitrogens with zero attached hydrogens (tertiary/aromatic N) is 1. The molecule has 0 saturated heterocycles. The average molecular weight is 293 g/mol. The maximum Gasteiger partial charge on any atom is 0.337 e. The van der Waals surface area contributed by atoms with Crippen molar-refractivity contribution in [1.82, 2.24) is 4.57 Å². The number of aromatic carboxylic acids is 1. The van der Waals surface area contributed by atoms with E-state index in [4.69, 9.17) is 4.74 Å². The van der Waals surface area contributed by atoms with Gasteiger partial charge in [0.05, 0.1) is 11.7 Å². The molecule has 1 N–H and O–H groups in total. The van der Waals surface area contributed by atoms with Crippen molar-refractivity contribution in [2.45, 2.75) is 53.2 Å². The summed E-state index contributed by atoms with van der Waals surface area (Å²) in [6.07, 6.45) is 0.845. The van der Waals surface area contributed by atoms with Crippen LogP contribution in [0.15, 0.2) is 10.9 Å². The number of hydrogen-bond donors (Lipinski definition) is 1. The standard InChI is InChI=1S/C16H23NO4/c1-6-21-12-8-11(16(12,4)5)17-10(3)14(15(19)20)9(2)7-13(17)18/h7,11-12H,6,8H2,1-5H3,(H,19,20). The first kappa shape index (κ1) is 15.8. The van der Waals surface area contributed by atoms with Crippen LogP contribution >= 0.6 is 0 Å². The maximum atomic E-state index is 12.4. The Bertz CT molecular complexity index is 630. The Hall–Kier alpha value is -1.62. The van der Waals surface area contributed by atoms with Crippen LogP contribution in [-0.2, 0) is 4.74 Å². The molecule has 1 aromatic heterocycles. The number of aromatic nitrogens is 1. The molecule has 0 amide bonds. The molecule has 1 aliphatic rings. The number of aryl methyl sites for hydroxylation is 1. The van der Waals surface area contributed by atoms with E-state index in [1.807, 2.05) is 6.92 Å². The Morgan fingerprint density at radius 3 is 2.57 bits per heavy atom. The second-order valence-electron chi connectivity index (χ2n) is 6.32. The molecule has 2 rings (SSSR count). The van der Waals surface area contributed by atoms with Gasteiger partial charge in [-0.2, -0.15) is 0 Å². The molecule has 0 radical (unpaired) electrons. The van der Waals surface area contributed by atoms with E-state index >= 15 is 0 Å². The number of carbonyl (C=O) groups is 1. The van der Waals surface area contributed by atoms with E-state index in [-0.39, 0.29) is 28.7 Å². The highest BCUT2D eigenvalue weighted by Crippen LogP contribution is 2.51. The Morgan fingerprint density at radius 1 is 1.48 bits per heavy atom. The minimum absolute atomic E-state index is 0.0275. The van der Waals surface area contributed by atoms with Crippen molar-refractivity contribution < 1.29 is 14.6 Å². The fourth-order valence-corrected chi connectivity index (χ4v) is 3.40. The number of carboxylic acids is 1. The summed E-state index contributed by atoms with van der Waals surface area (Å²) >= 11 is 0. The van der Waals surface area contributed by atoms with Gasteiger partial charge in [-0.15, -0.1) is 0 Å². The predicted molar refractivity (Wildman–Crippen MR) is 80.0 cm³/mol. The summed E-state index contributed by atoms with van der Waals surface area (Å²) in [6.45, 7) is 10.1. The first-order valence-electron chi connectivity index (χ1n) is 7.29. The normalized spacial score (nSPS) is 23.7. The molecule has 1 saturated carbocycles. The molecule has 1 fully saturated rings. The summed E-state index contributed by atoms with van der Waals surface area (Å²) in [5, 5.41) is 9.36. The topological polar surface area (TPSA) is 68.5 Å². The van der Waals surface area contributed by atoms with Gasteiger partial charge < -0.3 is 14.4 Å². The van der Waals surface area contributed by atoms with Gasteiger partial charge in [-0.25, -0.2) is 4.79 Å². The molecule has 5 heteroatoms. The molecule has 2 unspecified atom stereocenters. The van der Waals surface area contributed by atoms with Crippen molar-refractivity contribution >= 4 is 5.97 Å².